The van der Waals surface area contributed by atoms with Crippen LogP contribution in [0.3, 0.4) is 0 Å². The van der Waals surface area contributed by atoms with Crippen molar-refractivity contribution < 1.29 is 23.9 Å². The lowest BCUT2D eigenvalue weighted by atomic mass is 9.76. The fourth-order valence-corrected chi connectivity index (χ4v) is 5.82. The van der Waals surface area contributed by atoms with E-state index in [1.165, 1.54) is 0 Å². The number of benzene rings is 2. The van der Waals surface area contributed by atoms with Crippen LogP contribution in [0.25, 0.3) is 10.9 Å². The molecule has 0 aliphatic carbocycles. The number of esters is 1. The smallest absolute Gasteiger partial charge is 0.338 e. The lowest BCUT2D eigenvalue weighted by molar-refractivity contribution is -0.135. The predicted octanol–water partition coefficient (Wildman–Crippen LogP) is 3.31. The van der Waals surface area contributed by atoms with E-state index in [0.29, 0.717) is 30.8 Å². The van der Waals surface area contributed by atoms with E-state index in [1.54, 1.807) is 31.2 Å². The summed E-state index contributed by atoms with van der Waals surface area (Å²) in [7, 11) is 0. The number of rotatable bonds is 7. The molecule has 1 spiro atoms. The van der Waals surface area contributed by atoms with Gasteiger partial charge >= 0.3 is 5.97 Å². The highest BCUT2D eigenvalue weighted by molar-refractivity contribution is 6.00. The number of aromatic nitrogens is 1. The largest absolute Gasteiger partial charge is 0.462 e. The molecule has 3 aromatic rings. The van der Waals surface area contributed by atoms with Gasteiger partial charge in [0, 0.05) is 29.3 Å². The van der Waals surface area contributed by atoms with Crippen molar-refractivity contribution >= 4 is 34.4 Å². The zero-order chi connectivity index (χ0) is 24.9. The number of anilines is 1. The Morgan fingerprint density at radius 2 is 2.08 bits per heavy atom. The first kappa shape index (κ1) is 22.5. The topological polar surface area (TPSA) is 101 Å². The van der Waals surface area contributed by atoms with Crippen LogP contribution in [-0.2, 0) is 25.5 Å². The monoisotopic (exact) mass is 485 g/mol. The summed E-state index contributed by atoms with van der Waals surface area (Å²) in [6.07, 6.45) is 6.11. The fraction of sp³-hybridized carbons (Fsp3) is 0.321. The zero-order valence-electron chi connectivity index (χ0n) is 19.9. The van der Waals surface area contributed by atoms with Crippen molar-refractivity contribution in [2.75, 3.05) is 25.0 Å². The van der Waals surface area contributed by atoms with Crippen molar-refractivity contribution in [3.63, 3.8) is 0 Å². The second-order valence-electron chi connectivity index (χ2n) is 9.56. The van der Waals surface area contributed by atoms with Gasteiger partial charge in [0.25, 0.3) is 0 Å². The van der Waals surface area contributed by atoms with Crippen molar-refractivity contribution in [1.29, 1.82) is 0 Å². The number of carbonyl (C=O) groups excluding carboxylic acids is 3. The SMILES string of the molecule is CCOC(=O)c1cccc(NC(=O)C2C3C=C[C@]4(CN(CCc5c[nH]c6ccccc56)C(=O)C24)O3)c1. The van der Waals surface area contributed by atoms with Crippen molar-refractivity contribution in [2.45, 2.75) is 25.0 Å². The maximum atomic E-state index is 13.5. The molecule has 184 valence electrons. The molecule has 6 rings (SSSR count). The number of carbonyl (C=O) groups is 3. The molecule has 2 fully saturated rings. The van der Waals surface area contributed by atoms with Gasteiger partial charge in [0.05, 0.1) is 36.7 Å². The zero-order valence-corrected chi connectivity index (χ0v) is 19.9. The number of aromatic amines is 1. The van der Waals surface area contributed by atoms with Gasteiger partial charge in [-0.2, -0.15) is 0 Å². The molecule has 0 radical (unpaired) electrons. The molecule has 2 aromatic carbocycles. The molecule has 2 N–H and O–H groups in total. The number of nitrogens with zero attached hydrogens (tertiary/aromatic N) is 1. The number of para-hydroxylation sites is 1. The van der Waals surface area contributed by atoms with Crippen molar-refractivity contribution in [3.05, 3.63) is 78.0 Å². The standard InChI is InChI=1S/C28H27N3O5/c1-2-35-27(34)17-6-5-7-19(14-17)30-25(32)23-22-10-12-28(36-22)16-31(26(33)24(23)28)13-11-18-15-29-21-9-4-3-8-20(18)21/h3-10,12,14-15,22-24,29H,2,11,13,16H2,1H3,(H,30,32)/t22?,23?,24?,28-/m1/s1. The number of fused-ring (bicyclic) bond motifs is 2. The number of likely N-dealkylation sites (tertiary alicyclic amines) is 1. The van der Waals surface area contributed by atoms with Crippen LogP contribution in [0.1, 0.15) is 22.8 Å². The lowest BCUT2D eigenvalue weighted by Crippen LogP contribution is -2.41. The molecule has 0 saturated carbocycles. The normalized spacial score (nSPS) is 26.0. The summed E-state index contributed by atoms with van der Waals surface area (Å²) in [6.45, 7) is 3.00. The predicted molar refractivity (Wildman–Crippen MR) is 133 cm³/mol. The summed E-state index contributed by atoms with van der Waals surface area (Å²) in [4.78, 5) is 44.1. The van der Waals surface area contributed by atoms with E-state index in [-0.39, 0.29) is 18.4 Å². The average Bonchev–Trinajstić information content (AvgIpc) is 3.63. The summed E-state index contributed by atoms with van der Waals surface area (Å²) >= 11 is 0. The Bertz CT molecular complexity index is 1390. The summed E-state index contributed by atoms with van der Waals surface area (Å²) in [5.41, 5.74) is 2.30. The minimum atomic E-state index is -0.767. The van der Waals surface area contributed by atoms with Crippen LogP contribution in [-0.4, -0.2) is 59.1 Å². The number of amides is 2. The molecule has 36 heavy (non-hydrogen) atoms. The first-order chi connectivity index (χ1) is 17.5. The van der Waals surface area contributed by atoms with E-state index in [4.69, 9.17) is 9.47 Å². The second-order valence-corrected chi connectivity index (χ2v) is 9.56. The van der Waals surface area contributed by atoms with E-state index in [2.05, 4.69) is 16.4 Å². The van der Waals surface area contributed by atoms with Crippen LogP contribution < -0.4 is 5.32 Å². The Hall–Kier alpha value is -3.91. The van der Waals surface area contributed by atoms with Crippen molar-refractivity contribution in [3.8, 4) is 0 Å². The van der Waals surface area contributed by atoms with Gasteiger partial charge in [-0.1, -0.05) is 36.4 Å². The van der Waals surface area contributed by atoms with Gasteiger partial charge in [-0.05, 0) is 43.2 Å². The molecular formula is C28H27N3O5. The van der Waals surface area contributed by atoms with Gasteiger partial charge in [0.2, 0.25) is 11.8 Å². The van der Waals surface area contributed by atoms with Crippen molar-refractivity contribution in [1.82, 2.24) is 9.88 Å². The average molecular weight is 486 g/mol. The molecule has 2 saturated heterocycles. The summed E-state index contributed by atoms with van der Waals surface area (Å²) in [5, 5.41) is 4.04. The highest BCUT2D eigenvalue weighted by Crippen LogP contribution is 2.52. The Morgan fingerprint density at radius 1 is 1.22 bits per heavy atom. The van der Waals surface area contributed by atoms with Crippen LogP contribution in [0.2, 0.25) is 0 Å². The van der Waals surface area contributed by atoms with E-state index in [0.717, 1.165) is 16.5 Å². The van der Waals surface area contributed by atoms with E-state index in [9.17, 15) is 14.4 Å². The Morgan fingerprint density at radius 3 is 2.94 bits per heavy atom. The number of H-pyrrole nitrogens is 1. The molecule has 4 heterocycles. The van der Waals surface area contributed by atoms with Gasteiger partial charge in [-0.3, -0.25) is 9.59 Å². The Balaban J connectivity index is 1.17. The number of ether oxygens (including phenoxy) is 2. The lowest BCUT2D eigenvalue weighted by Gasteiger charge is -2.23. The highest BCUT2D eigenvalue weighted by Gasteiger charge is 2.66. The maximum Gasteiger partial charge on any atom is 0.338 e. The summed E-state index contributed by atoms with van der Waals surface area (Å²) < 4.78 is 11.3. The molecule has 3 aliphatic rings. The first-order valence-corrected chi connectivity index (χ1v) is 12.3. The van der Waals surface area contributed by atoms with Crippen LogP contribution in [0, 0.1) is 11.8 Å². The third-order valence-electron chi connectivity index (χ3n) is 7.45. The maximum absolute atomic E-state index is 13.5. The molecule has 1 aromatic heterocycles. The third-order valence-corrected chi connectivity index (χ3v) is 7.45. The van der Waals surface area contributed by atoms with Crippen molar-refractivity contribution in [2.24, 2.45) is 11.8 Å². The molecule has 8 heteroatoms. The van der Waals surface area contributed by atoms with Gasteiger partial charge in [-0.25, -0.2) is 4.79 Å². The van der Waals surface area contributed by atoms with E-state index in [1.807, 2.05) is 41.4 Å². The molecule has 2 bridgehead atoms. The molecule has 4 atom stereocenters. The summed E-state index contributed by atoms with van der Waals surface area (Å²) in [6, 6.07) is 14.7. The van der Waals surface area contributed by atoms with Crippen LogP contribution in [0.4, 0.5) is 5.69 Å². The van der Waals surface area contributed by atoms with E-state index < -0.39 is 29.5 Å². The van der Waals surface area contributed by atoms with E-state index >= 15 is 0 Å². The third kappa shape index (κ3) is 3.60. The van der Waals surface area contributed by atoms with Gasteiger partial charge in [0.1, 0.15) is 5.60 Å². The van der Waals surface area contributed by atoms with Crippen LogP contribution in [0.15, 0.2) is 66.9 Å². The Labute approximate surface area is 208 Å². The van der Waals surface area contributed by atoms with Gasteiger partial charge in [-0.15, -0.1) is 0 Å². The van der Waals surface area contributed by atoms with Crippen LogP contribution >= 0.6 is 0 Å². The first-order valence-electron chi connectivity index (χ1n) is 12.3. The molecule has 2 amide bonds. The highest BCUT2D eigenvalue weighted by atomic mass is 16.5. The second kappa shape index (κ2) is 8.64. The molecule has 3 aliphatic heterocycles. The minimum absolute atomic E-state index is 0.0536. The van der Waals surface area contributed by atoms with Gasteiger partial charge < -0.3 is 24.7 Å². The Kier molecular flexibility index (Phi) is 5.41. The number of hydrogen-bond acceptors (Lipinski definition) is 5. The summed E-state index contributed by atoms with van der Waals surface area (Å²) in [5.74, 6) is -1.99. The van der Waals surface area contributed by atoms with Gasteiger partial charge in [0.15, 0.2) is 0 Å². The molecule has 8 nitrogen and oxygen atoms in total. The molecule has 3 unspecified atom stereocenters. The quantitative estimate of drug-likeness (QED) is 0.395. The fourth-order valence-electron chi connectivity index (χ4n) is 5.82. The number of nitrogens with one attached hydrogen (secondary N) is 2. The minimum Gasteiger partial charge on any atom is -0.462 e. The van der Waals surface area contributed by atoms with Crippen LogP contribution in [0.5, 0.6) is 0 Å². The molecular weight excluding hydrogens is 458 g/mol. The number of hydrogen-bond donors (Lipinski definition) is 2.